The van der Waals surface area contributed by atoms with E-state index in [4.69, 9.17) is 4.43 Å². The molecule has 4 nitrogen and oxygen atoms in total. The number of Topliss-reactive ketones (excluding diaryl/α,β-unsaturated/α-hetero) is 1. The lowest BCUT2D eigenvalue weighted by molar-refractivity contribution is -0.140. The number of rotatable bonds is 5. The van der Waals surface area contributed by atoms with Gasteiger partial charge in [0.1, 0.15) is 5.78 Å². The number of hydrogen-bond acceptors (Lipinski definition) is 3. The fraction of sp³-hybridized carbons (Fsp3) is 0.857. The minimum atomic E-state index is -1.90. The molecule has 1 saturated heterocycles. The van der Waals surface area contributed by atoms with Gasteiger partial charge in [-0.3, -0.25) is 9.59 Å². The van der Waals surface area contributed by atoms with Crippen molar-refractivity contribution < 1.29 is 14.0 Å². The molecule has 1 N–H and O–H groups in total. The standard InChI is InChI=1S/C14H26INO3Si/c1-8(17)11(15)12-10(13(18)16-12)9(2)19-20(6,7)14(3,4)5/h9-12H,1-7H3,(H,16,18)/t9-,10-,11?,12-/m1/s1. The summed E-state index contributed by atoms with van der Waals surface area (Å²) in [6.07, 6.45) is -0.147. The van der Waals surface area contributed by atoms with Crippen molar-refractivity contribution >= 4 is 42.6 Å². The Bertz CT molecular complexity index is 406. The third-order valence-corrected chi connectivity index (χ3v) is 10.7. The summed E-state index contributed by atoms with van der Waals surface area (Å²) in [5.41, 5.74) is 0. The number of nitrogens with one attached hydrogen (secondary N) is 1. The quantitative estimate of drug-likeness (QED) is 0.328. The van der Waals surface area contributed by atoms with E-state index >= 15 is 0 Å². The number of carbonyl (C=O) groups excluding carboxylic acids is 2. The summed E-state index contributed by atoms with van der Waals surface area (Å²) in [5, 5.41) is 2.96. The molecule has 6 heteroatoms. The molecule has 0 saturated carbocycles. The van der Waals surface area contributed by atoms with E-state index in [-0.39, 0.29) is 38.7 Å². The zero-order chi connectivity index (χ0) is 15.9. The van der Waals surface area contributed by atoms with E-state index in [1.165, 1.54) is 0 Å². The van der Waals surface area contributed by atoms with Crippen LogP contribution in [-0.4, -0.2) is 36.1 Å². The lowest BCUT2D eigenvalue weighted by atomic mass is 9.83. The van der Waals surface area contributed by atoms with E-state index in [2.05, 4.69) is 61.8 Å². The summed E-state index contributed by atoms with van der Waals surface area (Å²) in [7, 11) is -1.90. The molecule has 1 aliphatic heterocycles. The number of alkyl halides is 1. The van der Waals surface area contributed by atoms with E-state index in [1.54, 1.807) is 6.92 Å². The van der Waals surface area contributed by atoms with Crippen LogP contribution < -0.4 is 5.32 Å². The normalized spacial score (nSPS) is 26.5. The number of halogens is 1. The molecule has 1 heterocycles. The van der Waals surface area contributed by atoms with Gasteiger partial charge in [-0.05, 0) is 32.0 Å². The minimum Gasteiger partial charge on any atom is -0.413 e. The van der Waals surface area contributed by atoms with Crippen molar-refractivity contribution in [2.45, 2.75) is 68.8 Å². The number of hydrogen-bond donors (Lipinski definition) is 1. The fourth-order valence-electron chi connectivity index (χ4n) is 2.15. The van der Waals surface area contributed by atoms with Gasteiger partial charge >= 0.3 is 0 Å². The first-order valence-corrected chi connectivity index (χ1v) is 11.2. The molecule has 0 spiro atoms. The van der Waals surface area contributed by atoms with Crippen LogP contribution in [0.3, 0.4) is 0 Å². The Kier molecular flexibility index (Phi) is 5.47. The highest BCUT2D eigenvalue weighted by Crippen LogP contribution is 2.39. The van der Waals surface area contributed by atoms with Crippen molar-refractivity contribution in [1.82, 2.24) is 5.32 Å². The zero-order valence-electron chi connectivity index (χ0n) is 13.4. The average Bonchev–Trinajstić information content (AvgIpc) is 2.21. The van der Waals surface area contributed by atoms with E-state index in [0.29, 0.717) is 0 Å². The maximum Gasteiger partial charge on any atom is 0.228 e. The van der Waals surface area contributed by atoms with Crippen molar-refractivity contribution in [3.8, 4) is 0 Å². The van der Waals surface area contributed by atoms with Gasteiger partial charge in [0.25, 0.3) is 0 Å². The lowest BCUT2D eigenvalue weighted by Gasteiger charge is -2.46. The molecule has 20 heavy (non-hydrogen) atoms. The highest BCUT2D eigenvalue weighted by atomic mass is 127. The van der Waals surface area contributed by atoms with Crippen LogP contribution in [0.5, 0.6) is 0 Å². The van der Waals surface area contributed by atoms with Gasteiger partial charge < -0.3 is 9.74 Å². The van der Waals surface area contributed by atoms with Crippen molar-refractivity contribution in [2.24, 2.45) is 5.92 Å². The molecule has 1 fully saturated rings. The number of β-lactam (4-membered cyclic amide) rings is 1. The van der Waals surface area contributed by atoms with Crippen LogP contribution in [0, 0.1) is 5.92 Å². The van der Waals surface area contributed by atoms with Crippen LogP contribution in [0.25, 0.3) is 0 Å². The van der Waals surface area contributed by atoms with Gasteiger partial charge in [-0.15, -0.1) is 0 Å². The van der Waals surface area contributed by atoms with Crippen LogP contribution in [0.2, 0.25) is 18.1 Å². The second-order valence-electron chi connectivity index (χ2n) is 7.16. The van der Waals surface area contributed by atoms with Gasteiger partial charge in [0.2, 0.25) is 5.91 Å². The van der Waals surface area contributed by atoms with E-state index < -0.39 is 8.32 Å². The first kappa shape index (κ1) is 18.1. The van der Waals surface area contributed by atoms with Crippen LogP contribution >= 0.6 is 22.6 Å². The molecule has 0 aromatic carbocycles. The molecule has 1 amide bonds. The molecular weight excluding hydrogens is 385 g/mol. The SMILES string of the molecule is CC(=O)C(I)[C@@H]1NC(=O)[C@@H]1[C@@H](C)O[Si](C)(C)C(C)(C)C. The molecule has 4 atom stereocenters. The lowest BCUT2D eigenvalue weighted by Crippen LogP contribution is -2.67. The maximum atomic E-state index is 11.9. The minimum absolute atomic E-state index is 0.00382. The van der Waals surface area contributed by atoms with Gasteiger partial charge in [-0.2, -0.15) is 0 Å². The first-order valence-electron chi connectivity index (χ1n) is 7.01. The monoisotopic (exact) mass is 411 g/mol. The Hall–Kier alpha value is 0.0469. The summed E-state index contributed by atoms with van der Waals surface area (Å²) < 4.78 is 6.12. The van der Waals surface area contributed by atoms with Crippen molar-refractivity contribution in [2.75, 3.05) is 0 Å². The topological polar surface area (TPSA) is 55.4 Å². The number of amides is 1. The van der Waals surface area contributed by atoms with Crippen LogP contribution in [0.1, 0.15) is 34.6 Å². The second kappa shape index (κ2) is 6.04. The predicted octanol–water partition coefficient (Wildman–Crippen LogP) is 2.90. The smallest absolute Gasteiger partial charge is 0.228 e. The Morgan fingerprint density at radius 3 is 2.25 bits per heavy atom. The van der Waals surface area contributed by atoms with Crippen molar-refractivity contribution in [3.05, 3.63) is 0 Å². The Balaban J connectivity index is 2.78. The average molecular weight is 411 g/mol. The van der Waals surface area contributed by atoms with Gasteiger partial charge in [0, 0.05) is 0 Å². The summed E-state index contributed by atoms with van der Waals surface area (Å²) >= 11 is 2.11. The summed E-state index contributed by atoms with van der Waals surface area (Å²) in [6, 6.07) is -0.0969. The summed E-state index contributed by atoms with van der Waals surface area (Å²) in [6.45, 7) is 14.4. The Labute approximate surface area is 136 Å². The molecule has 1 rings (SSSR count). The van der Waals surface area contributed by atoms with Crippen LogP contribution in [-0.2, 0) is 14.0 Å². The first-order chi connectivity index (χ1) is 8.88. The van der Waals surface area contributed by atoms with Crippen molar-refractivity contribution in [1.29, 1.82) is 0 Å². The van der Waals surface area contributed by atoms with Gasteiger partial charge in [-0.1, -0.05) is 43.4 Å². The van der Waals surface area contributed by atoms with Crippen molar-refractivity contribution in [3.63, 3.8) is 0 Å². The molecule has 0 aliphatic carbocycles. The molecule has 0 radical (unpaired) electrons. The fourth-order valence-corrected chi connectivity index (χ4v) is 4.20. The third-order valence-electron chi connectivity index (χ3n) is 4.49. The molecule has 1 aliphatic rings. The van der Waals surface area contributed by atoms with Gasteiger partial charge in [0.15, 0.2) is 8.32 Å². The van der Waals surface area contributed by atoms with E-state index in [0.717, 1.165) is 0 Å². The zero-order valence-corrected chi connectivity index (χ0v) is 16.6. The highest BCUT2D eigenvalue weighted by Gasteiger charge is 2.50. The second-order valence-corrected chi connectivity index (χ2v) is 13.3. The van der Waals surface area contributed by atoms with Crippen LogP contribution in [0.4, 0.5) is 0 Å². The maximum absolute atomic E-state index is 11.9. The van der Waals surface area contributed by atoms with E-state index in [9.17, 15) is 9.59 Å². The summed E-state index contributed by atoms with van der Waals surface area (Å²) in [5.74, 6) is -0.112. The molecular formula is C14H26INO3Si. The highest BCUT2D eigenvalue weighted by molar-refractivity contribution is 14.1. The van der Waals surface area contributed by atoms with E-state index in [1.807, 2.05) is 6.92 Å². The summed E-state index contributed by atoms with van der Waals surface area (Å²) in [4.78, 5) is 23.4. The predicted molar refractivity (Wildman–Crippen MR) is 91.7 cm³/mol. The third kappa shape index (κ3) is 3.62. The molecule has 1 unspecified atom stereocenters. The van der Waals surface area contributed by atoms with Gasteiger partial charge in [0.05, 0.1) is 22.0 Å². The molecule has 116 valence electrons. The Morgan fingerprint density at radius 2 is 1.90 bits per heavy atom. The number of ketones is 1. The number of carbonyl (C=O) groups is 2. The Morgan fingerprint density at radius 1 is 1.40 bits per heavy atom. The molecule has 0 aromatic rings. The largest absolute Gasteiger partial charge is 0.413 e. The van der Waals surface area contributed by atoms with Gasteiger partial charge in [-0.25, -0.2) is 0 Å². The molecule has 0 aromatic heterocycles. The molecule has 0 bridgehead atoms. The van der Waals surface area contributed by atoms with Crippen LogP contribution in [0.15, 0.2) is 0 Å².